The van der Waals surface area contributed by atoms with Crippen molar-refractivity contribution in [2.24, 2.45) is 11.3 Å². The number of hydrogen-bond acceptors (Lipinski definition) is 1. The lowest BCUT2D eigenvalue weighted by Crippen LogP contribution is -2.47. The zero-order valence-corrected chi connectivity index (χ0v) is 11.7. The average molecular weight is 258 g/mol. The van der Waals surface area contributed by atoms with Crippen molar-refractivity contribution in [3.05, 3.63) is 0 Å². The van der Waals surface area contributed by atoms with Crippen LogP contribution in [0.1, 0.15) is 58.8 Å². The molecule has 0 radical (unpaired) electrons. The Kier molecular flexibility index (Phi) is 4.02. The van der Waals surface area contributed by atoms with Gasteiger partial charge in [-0.3, -0.25) is 4.79 Å². The van der Waals surface area contributed by atoms with E-state index >= 15 is 0 Å². The summed E-state index contributed by atoms with van der Waals surface area (Å²) in [6, 6.07) is 0.203. The maximum absolute atomic E-state index is 12.3. The predicted octanol–water partition coefficient (Wildman–Crippen LogP) is 3.48. The number of rotatable bonds is 2. The van der Waals surface area contributed by atoms with Gasteiger partial charge in [0.1, 0.15) is 0 Å². The molecule has 0 heterocycles. The Hall–Kier alpha value is -0.240. The van der Waals surface area contributed by atoms with Crippen LogP contribution in [-0.2, 0) is 4.79 Å². The standard InChI is InChI=1S/C14H24ClNO/c1-14(2)9-5-6-10(14)13(17)16-12-8-4-3-7-11(12)15/h10-12H,3-9H2,1-2H3,(H,16,17). The number of alkyl halides is 1. The number of amides is 1. The maximum Gasteiger partial charge on any atom is 0.223 e. The number of hydrogen-bond donors (Lipinski definition) is 1. The fourth-order valence-electron chi connectivity index (χ4n) is 3.34. The molecular formula is C14H24ClNO. The first-order valence-corrected chi connectivity index (χ1v) is 7.39. The van der Waals surface area contributed by atoms with Crippen molar-refractivity contribution in [3.8, 4) is 0 Å². The molecule has 1 N–H and O–H groups in total. The van der Waals surface area contributed by atoms with Gasteiger partial charge in [-0.15, -0.1) is 11.6 Å². The molecule has 2 aliphatic carbocycles. The van der Waals surface area contributed by atoms with E-state index in [1.807, 2.05) is 0 Å². The van der Waals surface area contributed by atoms with Crippen LogP contribution in [0.2, 0.25) is 0 Å². The Morgan fingerprint density at radius 2 is 1.88 bits per heavy atom. The zero-order chi connectivity index (χ0) is 12.5. The minimum Gasteiger partial charge on any atom is -0.352 e. The molecule has 0 aromatic heterocycles. The van der Waals surface area contributed by atoms with E-state index in [-0.39, 0.29) is 28.7 Å². The second-order valence-electron chi connectivity index (χ2n) is 6.35. The summed E-state index contributed by atoms with van der Waals surface area (Å²) < 4.78 is 0. The van der Waals surface area contributed by atoms with Crippen LogP contribution in [0.3, 0.4) is 0 Å². The van der Waals surface area contributed by atoms with E-state index in [2.05, 4.69) is 19.2 Å². The van der Waals surface area contributed by atoms with E-state index in [9.17, 15) is 4.79 Å². The number of nitrogens with one attached hydrogen (secondary N) is 1. The van der Waals surface area contributed by atoms with Crippen molar-refractivity contribution >= 4 is 17.5 Å². The van der Waals surface area contributed by atoms with Gasteiger partial charge in [0, 0.05) is 12.0 Å². The van der Waals surface area contributed by atoms with E-state index in [4.69, 9.17) is 11.6 Å². The van der Waals surface area contributed by atoms with Gasteiger partial charge in [0.05, 0.1) is 5.38 Å². The average Bonchev–Trinajstić information content (AvgIpc) is 2.61. The largest absolute Gasteiger partial charge is 0.352 e. The van der Waals surface area contributed by atoms with Gasteiger partial charge in [-0.25, -0.2) is 0 Å². The smallest absolute Gasteiger partial charge is 0.223 e. The molecule has 2 nitrogen and oxygen atoms in total. The molecule has 3 unspecified atom stereocenters. The molecule has 2 fully saturated rings. The summed E-state index contributed by atoms with van der Waals surface area (Å²) in [6.07, 6.45) is 7.88. The minimum absolute atomic E-state index is 0.136. The Labute approximate surface area is 109 Å². The third kappa shape index (κ3) is 2.96. The van der Waals surface area contributed by atoms with Crippen molar-refractivity contribution in [2.75, 3.05) is 0 Å². The van der Waals surface area contributed by atoms with Crippen LogP contribution in [0.15, 0.2) is 0 Å². The molecule has 2 aliphatic rings. The molecule has 0 spiro atoms. The van der Waals surface area contributed by atoms with Gasteiger partial charge in [-0.2, -0.15) is 0 Å². The first kappa shape index (κ1) is 13.2. The van der Waals surface area contributed by atoms with Crippen LogP contribution in [0.5, 0.6) is 0 Å². The summed E-state index contributed by atoms with van der Waals surface area (Å²) in [5.41, 5.74) is 0.167. The summed E-state index contributed by atoms with van der Waals surface area (Å²) >= 11 is 6.29. The van der Waals surface area contributed by atoms with E-state index < -0.39 is 0 Å². The van der Waals surface area contributed by atoms with Gasteiger partial charge in [-0.1, -0.05) is 33.1 Å². The van der Waals surface area contributed by atoms with E-state index in [1.165, 1.54) is 25.7 Å². The third-order valence-electron chi connectivity index (χ3n) is 4.58. The Bertz CT molecular complexity index is 290. The van der Waals surface area contributed by atoms with Crippen LogP contribution in [0.25, 0.3) is 0 Å². The van der Waals surface area contributed by atoms with Crippen LogP contribution < -0.4 is 5.32 Å². The molecule has 17 heavy (non-hydrogen) atoms. The highest BCUT2D eigenvalue weighted by atomic mass is 35.5. The highest BCUT2D eigenvalue weighted by Crippen LogP contribution is 2.42. The highest BCUT2D eigenvalue weighted by molar-refractivity contribution is 6.21. The molecule has 2 rings (SSSR count). The molecule has 3 atom stereocenters. The number of carbonyl (C=O) groups is 1. The summed E-state index contributed by atoms with van der Waals surface area (Å²) in [7, 11) is 0. The number of halogens is 1. The monoisotopic (exact) mass is 257 g/mol. The van der Waals surface area contributed by atoms with Crippen molar-refractivity contribution in [1.82, 2.24) is 5.32 Å². The van der Waals surface area contributed by atoms with Gasteiger partial charge < -0.3 is 5.32 Å². The van der Waals surface area contributed by atoms with Gasteiger partial charge in [0.25, 0.3) is 0 Å². The molecule has 0 aromatic rings. The molecule has 98 valence electrons. The van der Waals surface area contributed by atoms with Gasteiger partial charge >= 0.3 is 0 Å². The summed E-state index contributed by atoms with van der Waals surface area (Å²) in [6.45, 7) is 4.42. The Balaban J connectivity index is 1.92. The summed E-state index contributed by atoms with van der Waals surface area (Å²) in [4.78, 5) is 12.3. The predicted molar refractivity (Wildman–Crippen MR) is 71.2 cm³/mol. The van der Waals surface area contributed by atoms with E-state index in [0.29, 0.717) is 0 Å². The van der Waals surface area contributed by atoms with Crippen LogP contribution >= 0.6 is 11.6 Å². The topological polar surface area (TPSA) is 29.1 Å². The molecule has 2 saturated carbocycles. The van der Waals surface area contributed by atoms with Crippen molar-refractivity contribution in [2.45, 2.75) is 70.2 Å². The van der Waals surface area contributed by atoms with Gasteiger partial charge in [0.2, 0.25) is 5.91 Å². The summed E-state index contributed by atoms with van der Waals surface area (Å²) in [5.74, 6) is 0.429. The first-order valence-electron chi connectivity index (χ1n) is 6.95. The van der Waals surface area contributed by atoms with Gasteiger partial charge in [0.15, 0.2) is 0 Å². The second-order valence-corrected chi connectivity index (χ2v) is 6.91. The SMILES string of the molecule is CC1(C)CCCC1C(=O)NC1CCCCC1Cl. The molecule has 0 saturated heterocycles. The summed E-state index contributed by atoms with van der Waals surface area (Å²) in [5, 5.41) is 3.33. The quantitative estimate of drug-likeness (QED) is 0.754. The molecular weight excluding hydrogens is 234 g/mol. The normalized spacial score (nSPS) is 36.8. The lowest BCUT2D eigenvalue weighted by Gasteiger charge is -2.32. The minimum atomic E-state index is 0.136. The zero-order valence-electron chi connectivity index (χ0n) is 11.0. The molecule has 1 amide bonds. The van der Waals surface area contributed by atoms with E-state index in [0.717, 1.165) is 19.3 Å². The van der Waals surface area contributed by atoms with Crippen LogP contribution in [-0.4, -0.2) is 17.3 Å². The molecule has 0 bridgehead atoms. The third-order valence-corrected chi connectivity index (χ3v) is 5.11. The fraction of sp³-hybridized carbons (Fsp3) is 0.929. The molecule has 0 aliphatic heterocycles. The Morgan fingerprint density at radius 3 is 2.47 bits per heavy atom. The fourth-order valence-corrected chi connectivity index (χ4v) is 3.69. The van der Waals surface area contributed by atoms with E-state index in [1.54, 1.807) is 0 Å². The molecule has 3 heteroatoms. The van der Waals surface area contributed by atoms with Crippen molar-refractivity contribution < 1.29 is 4.79 Å². The van der Waals surface area contributed by atoms with Crippen molar-refractivity contribution in [3.63, 3.8) is 0 Å². The number of carbonyl (C=O) groups excluding carboxylic acids is 1. The molecule has 0 aromatic carbocycles. The lowest BCUT2D eigenvalue weighted by atomic mass is 9.81. The lowest BCUT2D eigenvalue weighted by molar-refractivity contribution is -0.128. The second kappa shape index (κ2) is 5.17. The Morgan fingerprint density at radius 1 is 1.18 bits per heavy atom. The van der Waals surface area contributed by atoms with Crippen LogP contribution in [0, 0.1) is 11.3 Å². The highest BCUT2D eigenvalue weighted by Gasteiger charge is 2.40. The maximum atomic E-state index is 12.3. The van der Waals surface area contributed by atoms with Gasteiger partial charge in [-0.05, 0) is 31.1 Å². The van der Waals surface area contributed by atoms with Crippen molar-refractivity contribution in [1.29, 1.82) is 0 Å². The first-order chi connectivity index (χ1) is 8.00. The van der Waals surface area contributed by atoms with Crippen LogP contribution in [0.4, 0.5) is 0 Å².